The lowest BCUT2D eigenvalue weighted by atomic mass is 9.77. The van der Waals surface area contributed by atoms with Gasteiger partial charge in [0.15, 0.2) is 0 Å². The molecule has 3 heteroatoms. The first kappa shape index (κ1) is 23.6. The second-order valence-corrected chi connectivity index (χ2v) is 9.56. The zero-order chi connectivity index (χ0) is 23.5. The Labute approximate surface area is 192 Å². The van der Waals surface area contributed by atoms with Gasteiger partial charge in [-0.25, -0.2) is 4.79 Å². The number of carbonyl (C=O) groups excluding carboxylic acids is 1. The van der Waals surface area contributed by atoms with E-state index in [1.54, 1.807) is 12.1 Å². The molecule has 0 atom stereocenters. The van der Waals surface area contributed by atoms with Crippen molar-refractivity contribution in [2.45, 2.75) is 65.9 Å². The van der Waals surface area contributed by atoms with Crippen molar-refractivity contribution in [3.8, 4) is 11.5 Å². The maximum Gasteiger partial charge on any atom is 0.343 e. The highest BCUT2D eigenvalue weighted by molar-refractivity contribution is 5.91. The molecule has 0 aliphatic heterocycles. The molecule has 168 valence electrons. The number of esters is 1. The van der Waals surface area contributed by atoms with Crippen LogP contribution in [0.3, 0.4) is 0 Å². The van der Waals surface area contributed by atoms with E-state index in [1.165, 1.54) is 5.56 Å². The predicted molar refractivity (Wildman–Crippen MR) is 131 cm³/mol. The molecule has 32 heavy (non-hydrogen) atoms. The lowest BCUT2D eigenvalue weighted by Gasteiger charge is -2.29. The average molecular weight is 431 g/mol. The van der Waals surface area contributed by atoms with E-state index in [-0.39, 0.29) is 17.0 Å². The van der Waals surface area contributed by atoms with Crippen molar-refractivity contribution in [3.05, 3.63) is 94.5 Å². The molecule has 3 aromatic carbocycles. The Bertz CT molecular complexity index is 1090. The minimum absolute atomic E-state index is 0.189. The van der Waals surface area contributed by atoms with Crippen molar-refractivity contribution in [2.75, 3.05) is 0 Å². The fourth-order valence-electron chi connectivity index (χ4n) is 3.57. The largest absolute Gasteiger partial charge is 0.488 e. The molecule has 0 spiro atoms. The predicted octanol–water partition coefficient (Wildman–Crippen LogP) is 7.42. The van der Waals surface area contributed by atoms with Crippen LogP contribution in [-0.2, 0) is 5.41 Å². The quantitative estimate of drug-likeness (QED) is 0.289. The summed E-state index contributed by atoms with van der Waals surface area (Å²) in [4.78, 5) is 12.4. The second-order valence-electron chi connectivity index (χ2n) is 9.56. The molecule has 3 nitrogen and oxygen atoms in total. The second kappa shape index (κ2) is 9.20. The highest BCUT2D eigenvalue weighted by Gasteiger charge is 2.26. The van der Waals surface area contributed by atoms with Crippen LogP contribution in [0.15, 0.2) is 66.7 Å². The van der Waals surface area contributed by atoms with E-state index in [0.29, 0.717) is 11.3 Å². The summed E-state index contributed by atoms with van der Waals surface area (Å²) in [5.41, 5.74) is 4.58. The molecule has 0 saturated heterocycles. The van der Waals surface area contributed by atoms with E-state index < -0.39 is 0 Å². The van der Waals surface area contributed by atoms with E-state index >= 15 is 0 Å². The van der Waals surface area contributed by atoms with Gasteiger partial charge < -0.3 is 9.47 Å². The molecular formula is C29H34O3. The fraction of sp³-hybridized carbons (Fsp3) is 0.345. The Hall–Kier alpha value is -3.07. The van der Waals surface area contributed by atoms with Gasteiger partial charge in [-0.2, -0.15) is 0 Å². The Kier molecular flexibility index (Phi) is 6.78. The minimum atomic E-state index is -0.345. The molecule has 0 aliphatic rings. The molecule has 0 bridgehead atoms. The fourth-order valence-corrected chi connectivity index (χ4v) is 3.57. The molecule has 0 heterocycles. The first-order chi connectivity index (χ1) is 15.0. The average Bonchev–Trinajstić information content (AvgIpc) is 2.76. The van der Waals surface area contributed by atoms with Gasteiger partial charge in [-0.3, -0.25) is 0 Å². The maximum absolute atomic E-state index is 12.4. The van der Waals surface area contributed by atoms with E-state index in [9.17, 15) is 4.79 Å². The smallest absolute Gasteiger partial charge is 0.343 e. The van der Waals surface area contributed by atoms with Crippen molar-refractivity contribution in [1.29, 1.82) is 0 Å². The first-order valence-electron chi connectivity index (χ1n) is 11.2. The molecule has 0 fully saturated rings. The Morgan fingerprint density at radius 3 is 1.81 bits per heavy atom. The van der Waals surface area contributed by atoms with E-state index in [2.05, 4.69) is 65.8 Å². The number of rotatable bonds is 7. The maximum atomic E-state index is 12.4. The standard InChI is InChI=1S/C29H34O3/c1-8-28(4,5)32-26-17-15-24(19-21(26)3)29(6,7)23-14-16-25(20(2)18-23)31-27(30)22-12-10-9-11-13-22/h9-19H,8H2,1-7H3. The topological polar surface area (TPSA) is 35.5 Å². The van der Waals surface area contributed by atoms with Gasteiger partial charge in [0, 0.05) is 5.41 Å². The van der Waals surface area contributed by atoms with Gasteiger partial charge in [0.05, 0.1) is 5.56 Å². The SMILES string of the molecule is CCC(C)(C)Oc1ccc(C(C)(C)c2ccc(OC(=O)c3ccccc3)c(C)c2)cc1C. The summed E-state index contributed by atoms with van der Waals surface area (Å²) in [5, 5.41) is 0. The summed E-state index contributed by atoms with van der Waals surface area (Å²) in [5.74, 6) is 1.16. The monoisotopic (exact) mass is 430 g/mol. The summed E-state index contributed by atoms with van der Waals surface area (Å²) in [6.07, 6.45) is 0.945. The van der Waals surface area contributed by atoms with Crippen LogP contribution in [0.4, 0.5) is 0 Å². The minimum Gasteiger partial charge on any atom is -0.488 e. The van der Waals surface area contributed by atoms with Gasteiger partial charge in [-0.1, -0.05) is 63.2 Å². The molecule has 0 radical (unpaired) electrons. The molecule has 3 aromatic rings. The summed E-state index contributed by atoms with van der Waals surface area (Å²) in [7, 11) is 0. The molecule has 0 saturated carbocycles. The number of carbonyl (C=O) groups is 1. The molecule has 0 aliphatic carbocycles. The lowest BCUT2D eigenvalue weighted by molar-refractivity contribution is 0.0733. The van der Waals surface area contributed by atoms with Crippen LogP contribution in [0.5, 0.6) is 11.5 Å². The van der Waals surface area contributed by atoms with Crippen LogP contribution in [0.2, 0.25) is 0 Å². The van der Waals surface area contributed by atoms with Crippen LogP contribution < -0.4 is 9.47 Å². The zero-order valence-corrected chi connectivity index (χ0v) is 20.3. The number of hydrogen-bond donors (Lipinski definition) is 0. The molecule has 0 N–H and O–H groups in total. The third-order valence-electron chi connectivity index (χ3n) is 6.24. The molecule has 0 unspecified atom stereocenters. The molecular weight excluding hydrogens is 396 g/mol. The summed E-state index contributed by atoms with van der Waals surface area (Å²) < 4.78 is 11.9. The summed E-state index contributed by atoms with van der Waals surface area (Å²) in [6, 6.07) is 21.5. The van der Waals surface area contributed by atoms with Crippen molar-refractivity contribution in [3.63, 3.8) is 0 Å². The first-order valence-corrected chi connectivity index (χ1v) is 11.2. The lowest BCUT2D eigenvalue weighted by Crippen LogP contribution is -2.27. The van der Waals surface area contributed by atoms with Crippen molar-refractivity contribution in [2.24, 2.45) is 0 Å². The van der Waals surface area contributed by atoms with Gasteiger partial charge in [-0.05, 0) is 80.6 Å². The van der Waals surface area contributed by atoms with Gasteiger partial charge in [0.1, 0.15) is 17.1 Å². The van der Waals surface area contributed by atoms with Gasteiger partial charge in [-0.15, -0.1) is 0 Å². The normalized spacial score (nSPS) is 11.8. The van der Waals surface area contributed by atoms with Crippen molar-refractivity contribution >= 4 is 5.97 Å². The molecule has 3 rings (SSSR count). The molecule has 0 aromatic heterocycles. The van der Waals surface area contributed by atoms with E-state index in [4.69, 9.17) is 9.47 Å². The van der Waals surface area contributed by atoms with Crippen molar-refractivity contribution < 1.29 is 14.3 Å². The third-order valence-corrected chi connectivity index (χ3v) is 6.24. The van der Waals surface area contributed by atoms with Crippen LogP contribution in [0.25, 0.3) is 0 Å². The Balaban J connectivity index is 1.83. The Morgan fingerprint density at radius 2 is 1.31 bits per heavy atom. The van der Waals surface area contributed by atoms with Crippen LogP contribution >= 0.6 is 0 Å². The Morgan fingerprint density at radius 1 is 0.781 bits per heavy atom. The summed E-state index contributed by atoms with van der Waals surface area (Å²) in [6.45, 7) is 14.8. The van der Waals surface area contributed by atoms with Crippen LogP contribution in [0, 0.1) is 13.8 Å². The summed E-state index contributed by atoms with van der Waals surface area (Å²) >= 11 is 0. The number of aryl methyl sites for hydroxylation is 2. The number of benzene rings is 3. The highest BCUT2D eigenvalue weighted by atomic mass is 16.5. The van der Waals surface area contributed by atoms with Crippen molar-refractivity contribution in [1.82, 2.24) is 0 Å². The van der Waals surface area contributed by atoms with E-state index in [1.807, 2.05) is 37.3 Å². The number of ether oxygens (including phenoxy) is 2. The van der Waals surface area contributed by atoms with Gasteiger partial charge in [0.25, 0.3) is 0 Å². The van der Waals surface area contributed by atoms with Crippen LogP contribution in [0.1, 0.15) is 73.7 Å². The van der Waals surface area contributed by atoms with Gasteiger partial charge in [0.2, 0.25) is 0 Å². The zero-order valence-electron chi connectivity index (χ0n) is 20.3. The van der Waals surface area contributed by atoms with Crippen LogP contribution in [-0.4, -0.2) is 11.6 Å². The third kappa shape index (κ3) is 5.21. The number of hydrogen-bond acceptors (Lipinski definition) is 3. The molecule has 0 amide bonds. The highest BCUT2D eigenvalue weighted by Crippen LogP contribution is 2.36. The van der Waals surface area contributed by atoms with Gasteiger partial charge >= 0.3 is 5.97 Å². The van der Waals surface area contributed by atoms with E-state index in [0.717, 1.165) is 28.9 Å².